The summed E-state index contributed by atoms with van der Waals surface area (Å²) in [5.41, 5.74) is 0. The molecule has 8 heteroatoms. The summed E-state index contributed by atoms with van der Waals surface area (Å²) >= 11 is 0. The van der Waals surface area contributed by atoms with Crippen LogP contribution in [0.2, 0.25) is 0 Å². The molecular formula is C14H21NO6S. The van der Waals surface area contributed by atoms with E-state index in [1.165, 1.54) is 26.4 Å². The molecular weight excluding hydrogens is 310 g/mol. The first-order valence-corrected chi connectivity index (χ1v) is 8.30. The van der Waals surface area contributed by atoms with Gasteiger partial charge in [0.2, 0.25) is 10.0 Å². The highest BCUT2D eigenvalue weighted by molar-refractivity contribution is 7.89. The number of esters is 1. The summed E-state index contributed by atoms with van der Waals surface area (Å²) in [7, 11) is -1.13. The molecule has 7 nitrogen and oxygen atoms in total. The Bertz CT molecular complexity index is 599. The monoisotopic (exact) mass is 331 g/mol. The number of carbonyl (C=O) groups is 1. The number of hydrogen-bond acceptors (Lipinski definition) is 6. The van der Waals surface area contributed by atoms with Crippen molar-refractivity contribution in [2.75, 3.05) is 27.4 Å². The molecule has 1 rings (SSSR count). The van der Waals surface area contributed by atoms with Gasteiger partial charge in [-0.3, -0.25) is 4.79 Å². The molecule has 0 fully saturated rings. The topological polar surface area (TPSA) is 90.9 Å². The fourth-order valence-electron chi connectivity index (χ4n) is 1.61. The minimum Gasteiger partial charge on any atom is -0.497 e. The predicted molar refractivity (Wildman–Crippen MR) is 80.6 cm³/mol. The highest BCUT2D eigenvalue weighted by atomic mass is 32.2. The van der Waals surface area contributed by atoms with E-state index in [9.17, 15) is 13.2 Å². The van der Waals surface area contributed by atoms with Gasteiger partial charge in [-0.1, -0.05) is 13.3 Å². The van der Waals surface area contributed by atoms with E-state index in [1.807, 2.05) is 6.92 Å². The van der Waals surface area contributed by atoms with Crippen LogP contribution in [0.15, 0.2) is 23.1 Å². The number of rotatable bonds is 9. The highest BCUT2D eigenvalue weighted by Crippen LogP contribution is 2.27. The second kappa shape index (κ2) is 8.60. The van der Waals surface area contributed by atoms with Gasteiger partial charge < -0.3 is 14.2 Å². The molecule has 0 aliphatic carbocycles. The third kappa shape index (κ3) is 5.19. The maximum Gasteiger partial charge on any atom is 0.321 e. The van der Waals surface area contributed by atoms with Crippen LogP contribution in [0.3, 0.4) is 0 Å². The molecule has 0 radical (unpaired) electrons. The summed E-state index contributed by atoms with van der Waals surface area (Å²) in [6, 6.07) is 4.38. The van der Waals surface area contributed by atoms with Gasteiger partial charge in [0.1, 0.15) is 22.9 Å². The van der Waals surface area contributed by atoms with Gasteiger partial charge in [-0.15, -0.1) is 0 Å². The lowest BCUT2D eigenvalue weighted by molar-refractivity contribution is -0.142. The van der Waals surface area contributed by atoms with Gasteiger partial charge in [0, 0.05) is 6.07 Å². The van der Waals surface area contributed by atoms with Gasteiger partial charge in [0.15, 0.2) is 0 Å². The van der Waals surface area contributed by atoms with Crippen molar-refractivity contribution in [3.8, 4) is 11.5 Å². The molecule has 0 saturated heterocycles. The number of methoxy groups -OCH3 is 2. The summed E-state index contributed by atoms with van der Waals surface area (Å²) in [5.74, 6) is -0.0989. The van der Waals surface area contributed by atoms with E-state index < -0.39 is 22.5 Å². The Morgan fingerprint density at radius 3 is 2.55 bits per heavy atom. The van der Waals surface area contributed by atoms with Crippen LogP contribution >= 0.6 is 0 Å². The van der Waals surface area contributed by atoms with Gasteiger partial charge in [0.05, 0.1) is 20.8 Å². The third-order valence-electron chi connectivity index (χ3n) is 2.83. The van der Waals surface area contributed by atoms with E-state index in [0.29, 0.717) is 5.75 Å². The first-order chi connectivity index (χ1) is 10.4. The lowest BCUT2D eigenvalue weighted by atomic mass is 10.3. The van der Waals surface area contributed by atoms with Crippen LogP contribution in [0.1, 0.15) is 19.8 Å². The molecule has 0 aliphatic heterocycles. The van der Waals surface area contributed by atoms with Gasteiger partial charge >= 0.3 is 5.97 Å². The van der Waals surface area contributed by atoms with Crippen LogP contribution in [0.5, 0.6) is 11.5 Å². The lowest BCUT2D eigenvalue weighted by Crippen LogP contribution is -2.31. The first-order valence-electron chi connectivity index (χ1n) is 6.82. The normalized spacial score (nSPS) is 11.0. The summed E-state index contributed by atoms with van der Waals surface area (Å²) in [6.07, 6.45) is 1.63. The molecule has 0 aromatic heterocycles. The molecule has 124 valence electrons. The second-order valence-corrected chi connectivity index (χ2v) is 6.15. The number of benzene rings is 1. The molecule has 22 heavy (non-hydrogen) atoms. The number of sulfonamides is 1. The third-order valence-corrected chi connectivity index (χ3v) is 4.25. The molecule has 0 unspecified atom stereocenters. The zero-order valence-corrected chi connectivity index (χ0v) is 13.7. The lowest BCUT2D eigenvalue weighted by Gasteiger charge is -2.12. The van der Waals surface area contributed by atoms with Crippen molar-refractivity contribution in [1.82, 2.24) is 4.72 Å². The molecule has 0 spiro atoms. The zero-order valence-electron chi connectivity index (χ0n) is 12.9. The predicted octanol–water partition coefficient (Wildman–Crippen LogP) is 1.33. The second-order valence-electron chi connectivity index (χ2n) is 4.42. The van der Waals surface area contributed by atoms with Crippen molar-refractivity contribution < 1.29 is 27.4 Å². The molecule has 0 aliphatic rings. The highest BCUT2D eigenvalue weighted by Gasteiger charge is 2.21. The Morgan fingerprint density at radius 1 is 1.23 bits per heavy atom. The minimum atomic E-state index is -3.92. The Hall–Kier alpha value is -1.80. The average Bonchev–Trinajstić information content (AvgIpc) is 2.52. The quantitative estimate of drug-likeness (QED) is 0.542. The van der Waals surface area contributed by atoms with E-state index in [-0.39, 0.29) is 17.3 Å². The van der Waals surface area contributed by atoms with E-state index in [1.54, 1.807) is 6.07 Å². The van der Waals surface area contributed by atoms with Gasteiger partial charge in [0.25, 0.3) is 0 Å². The minimum absolute atomic E-state index is 0.101. The van der Waals surface area contributed by atoms with Crippen LogP contribution in [0.25, 0.3) is 0 Å². The van der Waals surface area contributed by atoms with Crippen LogP contribution in [0, 0.1) is 0 Å². The van der Waals surface area contributed by atoms with Gasteiger partial charge in [-0.05, 0) is 18.6 Å². The SMILES string of the molecule is CCCCOC(=O)CNS(=O)(=O)c1cc(OC)ccc1OC. The molecule has 0 heterocycles. The Labute approximate surface area is 130 Å². The maximum absolute atomic E-state index is 12.3. The van der Waals surface area contributed by atoms with E-state index >= 15 is 0 Å². The summed E-state index contributed by atoms with van der Waals surface area (Å²) < 4.78 is 41.6. The Kier molecular flexibility index (Phi) is 7.13. The summed E-state index contributed by atoms with van der Waals surface area (Å²) in [6.45, 7) is 1.80. The van der Waals surface area contributed by atoms with Crippen molar-refractivity contribution in [3.63, 3.8) is 0 Å². The van der Waals surface area contributed by atoms with Crippen LogP contribution in [-0.4, -0.2) is 41.8 Å². The molecule has 1 aromatic carbocycles. The fourth-order valence-corrected chi connectivity index (χ4v) is 2.76. The number of hydrogen-bond donors (Lipinski definition) is 1. The molecule has 0 amide bonds. The number of ether oxygens (including phenoxy) is 3. The van der Waals surface area contributed by atoms with Crippen molar-refractivity contribution in [3.05, 3.63) is 18.2 Å². The average molecular weight is 331 g/mol. The van der Waals surface area contributed by atoms with Crippen molar-refractivity contribution in [1.29, 1.82) is 0 Å². The number of carbonyl (C=O) groups excluding carboxylic acids is 1. The Balaban J connectivity index is 2.79. The fraction of sp³-hybridized carbons (Fsp3) is 0.500. The van der Waals surface area contributed by atoms with Gasteiger partial charge in [-0.2, -0.15) is 4.72 Å². The number of unbranched alkanes of at least 4 members (excludes halogenated alkanes) is 1. The van der Waals surface area contributed by atoms with Crippen molar-refractivity contribution in [2.45, 2.75) is 24.7 Å². The van der Waals surface area contributed by atoms with Crippen LogP contribution in [-0.2, 0) is 19.6 Å². The van der Waals surface area contributed by atoms with E-state index in [2.05, 4.69) is 4.72 Å². The summed E-state index contributed by atoms with van der Waals surface area (Å²) in [4.78, 5) is 11.4. The Morgan fingerprint density at radius 2 is 1.95 bits per heavy atom. The molecule has 1 N–H and O–H groups in total. The molecule has 0 saturated carbocycles. The zero-order chi connectivity index (χ0) is 16.6. The smallest absolute Gasteiger partial charge is 0.321 e. The standard InChI is InChI=1S/C14H21NO6S/c1-4-5-8-21-14(16)10-15-22(17,18)13-9-11(19-2)6-7-12(13)20-3/h6-7,9,15H,4-5,8,10H2,1-3H3. The molecule has 1 aromatic rings. The van der Waals surface area contributed by atoms with Crippen LogP contribution in [0.4, 0.5) is 0 Å². The van der Waals surface area contributed by atoms with Crippen molar-refractivity contribution >= 4 is 16.0 Å². The van der Waals surface area contributed by atoms with E-state index in [4.69, 9.17) is 14.2 Å². The van der Waals surface area contributed by atoms with Gasteiger partial charge in [-0.25, -0.2) is 8.42 Å². The van der Waals surface area contributed by atoms with Crippen molar-refractivity contribution in [2.24, 2.45) is 0 Å². The molecule has 0 atom stereocenters. The largest absolute Gasteiger partial charge is 0.497 e. The summed E-state index contributed by atoms with van der Waals surface area (Å²) in [5, 5.41) is 0. The van der Waals surface area contributed by atoms with E-state index in [0.717, 1.165) is 12.8 Å². The van der Waals surface area contributed by atoms with Crippen LogP contribution < -0.4 is 14.2 Å². The maximum atomic E-state index is 12.3. The number of nitrogens with one attached hydrogen (secondary N) is 1. The first kappa shape index (κ1) is 18.2. The molecule has 0 bridgehead atoms.